The lowest BCUT2D eigenvalue weighted by Crippen LogP contribution is -2.47. The average Bonchev–Trinajstić information content (AvgIpc) is 3.22. The van der Waals surface area contributed by atoms with Gasteiger partial charge in [0.1, 0.15) is 11.7 Å². The van der Waals surface area contributed by atoms with E-state index in [2.05, 4.69) is 5.32 Å². The molecule has 7 heteroatoms. The SMILES string of the molecule is C[C@@H]1OC(=O)[C@@H](NC(=O)OC(C)(C)C)COC[C@H](Cc2ccc(Cl)cc2)[C@H]1C1CCCC1. The lowest BCUT2D eigenvalue weighted by Gasteiger charge is -2.35. The zero-order chi connectivity index (χ0) is 23.3. The molecule has 1 heterocycles. The molecule has 1 amide bonds. The number of amides is 1. The fourth-order valence-electron chi connectivity index (χ4n) is 5.02. The number of hydrogen-bond donors (Lipinski definition) is 1. The van der Waals surface area contributed by atoms with E-state index in [-0.39, 0.29) is 24.5 Å². The molecule has 32 heavy (non-hydrogen) atoms. The highest BCUT2D eigenvalue weighted by atomic mass is 35.5. The lowest BCUT2D eigenvalue weighted by molar-refractivity contribution is -0.155. The van der Waals surface area contributed by atoms with Crippen molar-refractivity contribution in [2.45, 2.75) is 77.5 Å². The summed E-state index contributed by atoms with van der Waals surface area (Å²) in [6.07, 6.45) is 4.60. The zero-order valence-electron chi connectivity index (χ0n) is 19.6. The standard InChI is InChI=1S/C25H36ClNO5/c1-16-22(18-7-5-6-8-18)19(13-17-9-11-20(26)12-10-17)14-30-15-21(23(28)31-16)27-24(29)32-25(2,3)4/h9-12,16,18-19,21-22H,5-8,13-15H2,1-4H3,(H,27,29)/t16-,19-,21-,22+/m0/s1. The highest BCUT2D eigenvalue weighted by molar-refractivity contribution is 6.30. The van der Waals surface area contributed by atoms with Crippen molar-refractivity contribution in [2.75, 3.05) is 13.2 Å². The van der Waals surface area contributed by atoms with Crippen LogP contribution in [0.15, 0.2) is 24.3 Å². The highest BCUT2D eigenvalue weighted by Gasteiger charge is 2.40. The summed E-state index contributed by atoms with van der Waals surface area (Å²) in [6, 6.07) is 7.00. The first kappa shape index (κ1) is 24.8. The number of benzene rings is 1. The summed E-state index contributed by atoms with van der Waals surface area (Å²) in [5, 5.41) is 3.33. The molecule has 2 aliphatic rings. The number of alkyl carbamates (subject to hydrolysis) is 1. The summed E-state index contributed by atoms with van der Waals surface area (Å²) in [6.45, 7) is 7.86. The third kappa shape index (κ3) is 7.11. The van der Waals surface area contributed by atoms with Crippen LogP contribution < -0.4 is 5.32 Å². The third-order valence-corrected chi connectivity index (χ3v) is 6.59. The molecule has 4 atom stereocenters. The van der Waals surface area contributed by atoms with Crippen LogP contribution in [0.4, 0.5) is 4.79 Å². The fraction of sp³-hybridized carbons (Fsp3) is 0.680. The Morgan fingerprint density at radius 2 is 1.81 bits per heavy atom. The second-order valence-electron chi connectivity index (χ2n) is 10.1. The summed E-state index contributed by atoms with van der Waals surface area (Å²) in [5.41, 5.74) is 0.532. The molecule has 178 valence electrons. The van der Waals surface area contributed by atoms with Crippen LogP contribution in [-0.4, -0.2) is 43.0 Å². The molecule has 1 saturated carbocycles. The zero-order valence-corrected chi connectivity index (χ0v) is 20.3. The summed E-state index contributed by atoms with van der Waals surface area (Å²) < 4.78 is 17.2. The molecule has 1 saturated heterocycles. The van der Waals surface area contributed by atoms with E-state index in [1.807, 2.05) is 31.2 Å². The number of cyclic esters (lactones) is 1. The number of rotatable bonds is 4. The molecule has 2 fully saturated rings. The molecule has 0 unspecified atom stereocenters. The Hall–Kier alpha value is -1.79. The van der Waals surface area contributed by atoms with Gasteiger partial charge in [-0.2, -0.15) is 0 Å². The van der Waals surface area contributed by atoms with Crippen molar-refractivity contribution in [3.63, 3.8) is 0 Å². The number of carbonyl (C=O) groups excluding carboxylic acids is 2. The predicted molar refractivity (Wildman–Crippen MR) is 124 cm³/mol. The Morgan fingerprint density at radius 3 is 2.44 bits per heavy atom. The van der Waals surface area contributed by atoms with Gasteiger partial charge in [-0.25, -0.2) is 9.59 Å². The van der Waals surface area contributed by atoms with Gasteiger partial charge in [0, 0.05) is 10.9 Å². The van der Waals surface area contributed by atoms with Crippen molar-refractivity contribution in [3.8, 4) is 0 Å². The van der Waals surface area contributed by atoms with Crippen molar-refractivity contribution in [1.29, 1.82) is 0 Å². The Bertz CT molecular complexity index is 770. The van der Waals surface area contributed by atoms with E-state index < -0.39 is 23.7 Å². The van der Waals surface area contributed by atoms with Gasteiger partial charge in [-0.05, 0) is 63.6 Å². The minimum atomic E-state index is -0.897. The number of ether oxygens (including phenoxy) is 3. The maximum atomic E-state index is 12.9. The number of nitrogens with one attached hydrogen (secondary N) is 1. The van der Waals surface area contributed by atoms with Gasteiger partial charge in [-0.3, -0.25) is 0 Å². The van der Waals surface area contributed by atoms with E-state index >= 15 is 0 Å². The molecule has 1 aliphatic heterocycles. The van der Waals surface area contributed by atoms with Crippen LogP contribution in [0, 0.1) is 17.8 Å². The van der Waals surface area contributed by atoms with E-state index in [9.17, 15) is 9.59 Å². The largest absolute Gasteiger partial charge is 0.461 e. The third-order valence-electron chi connectivity index (χ3n) is 6.34. The first-order valence-corrected chi connectivity index (χ1v) is 12.0. The second kappa shape index (κ2) is 10.9. The predicted octanol–water partition coefficient (Wildman–Crippen LogP) is 5.16. The number of esters is 1. The van der Waals surface area contributed by atoms with Gasteiger partial charge in [0.05, 0.1) is 13.2 Å². The molecular formula is C25H36ClNO5. The summed E-state index contributed by atoms with van der Waals surface area (Å²) in [7, 11) is 0. The van der Waals surface area contributed by atoms with Gasteiger partial charge in [0.2, 0.25) is 0 Å². The summed E-state index contributed by atoms with van der Waals surface area (Å²) in [5.74, 6) is 0.410. The number of hydrogen-bond acceptors (Lipinski definition) is 5. The first-order valence-electron chi connectivity index (χ1n) is 11.6. The van der Waals surface area contributed by atoms with Crippen molar-refractivity contribution in [1.82, 2.24) is 5.32 Å². The Labute approximate surface area is 196 Å². The average molecular weight is 466 g/mol. The maximum absolute atomic E-state index is 12.9. The fourth-order valence-corrected chi connectivity index (χ4v) is 5.15. The van der Waals surface area contributed by atoms with Crippen molar-refractivity contribution >= 4 is 23.7 Å². The van der Waals surface area contributed by atoms with Crippen molar-refractivity contribution < 1.29 is 23.8 Å². The molecular weight excluding hydrogens is 430 g/mol. The molecule has 1 aromatic rings. The maximum Gasteiger partial charge on any atom is 0.408 e. The minimum absolute atomic E-state index is 0.0549. The molecule has 0 spiro atoms. The minimum Gasteiger partial charge on any atom is -0.461 e. The second-order valence-corrected chi connectivity index (χ2v) is 10.5. The van der Waals surface area contributed by atoms with E-state index in [4.69, 9.17) is 25.8 Å². The van der Waals surface area contributed by atoms with Crippen LogP contribution >= 0.6 is 11.6 Å². The Balaban J connectivity index is 1.77. The summed E-state index contributed by atoms with van der Waals surface area (Å²) >= 11 is 6.07. The van der Waals surface area contributed by atoms with Crippen LogP contribution in [0.3, 0.4) is 0 Å². The van der Waals surface area contributed by atoms with Crippen LogP contribution in [0.25, 0.3) is 0 Å². The van der Waals surface area contributed by atoms with Gasteiger partial charge in [-0.15, -0.1) is 0 Å². The monoisotopic (exact) mass is 465 g/mol. The van der Waals surface area contributed by atoms with E-state index in [1.54, 1.807) is 20.8 Å². The molecule has 1 aromatic carbocycles. The van der Waals surface area contributed by atoms with Gasteiger partial charge < -0.3 is 19.5 Å². The number of halogens is 1. The van der Waals surface area contributed by atoms with Crippen LogP contribution in [0.2, 0.25) is 5.02 Å². The number of carbonyl (C=O) groups is 2. The van der Waals surface area contributed by atoms with Crippen LogP contribution in [0.1, 0.15) is 58.9 Å². The molecule has 0 aromatic heterocycles. The Kier molecular flexibility index (Phi) is 8.45. The lowest BCUT2D eigenvalue weighted by atomic mass is 9.75. The van der Waals surface area contributed by atoms with Crippen molar-refractivity contribution in [2.24, 2.45) is 17.8 Å². The normalized spacial score (nSPS) is 27.7. The molecule has 3 rings (SSSR count). The topological polar surface area (TPSA) is 73.9 Å². The van der Waals surface area contributed by atoms with Gasteiger partial charge in [0.25, 0.3) is 0 Å². The smallest absolute Gasteiger partial charge is 0.408 e. The molecule has 6 nitrogen and oxygen atoms in total. The first-order chi connectivity index (χ1) is 15.1. The van der Waals surface area contributed by atoms with E-state index in [0.717, 1.165) is 19.3 Å². The van der Waals surface area contributed by atoms with Crippen molar-refractivity contribution in [3.05, 3.63) is 34.9 Å². The van der Waals surface area contributed by atoms with Gasteiger partial charge in [0.15, 0.2) is 6.04 Å². The van der Waals surface area contributed by atoms with Crippen LogP contribution in [0.5, 0.6) is 0 Å². The van der Waals surface area contributed by atoms with Gasteiger partial charge in [-0.1, -0.05) is 49.4 Å². The molecule has 0 bridgehead atoms. The van der Waals surface area contributed by atoms with Gasteiger partial charge >= 0.3 is 12.1 Å². The van der Waals surface area contributed by atoms with E-state index in [1.165, 1.54) is 18.4 Å². The van der Waals surface area contributed by atoms with E-state index in [0.29, 0.717) is 17.5 Å². The highest BCUT2D eigenvalue weighted by Crippen LogP contribution is 2.40. The summed E-state index contributed by atoms with van der Waals surface area (Å²) in [4.78, 5) is 25.1. The Morgan fingerprint density at radius 1 is 1.16 bits per heavy atom. The molecule has 1 N–H and O–H groups in total. The molecule has 0 radical (unpaired) electrons. The van der Waals surface area contributed by atoms with Crippen LogP contribution in [-0.2, 0) is 25.4 Å². The quantitative estimate of drug-likeness (QED) is 0.621. The molecule has 1 aliphatic carbocycles.